The molecule has 1 aromatic heterocycles. The second-order valence-electron chi connectivity index (χ2n) is 5.09. The zero-order valence-corrected chi connectivity index (χ0v) is 10.9. The number of rotatable bonds is 1. The van der Waals surface area contributed by atoms with Gasteiger partial charge in [0.05, 0.1) is 5.69 Å². The van der Waals surface area contributed by atoms with Crippen molar-refractivity contribution >= 4 is 0 Å². The molecule has 1 aliphatic heterocycles. The summed E-state index contributed by atoms with van der Waals surface area (Å²) in [7, 11) is 0. The first-order chi connectivity index (χ1) is 9.81. The largest absolute Gasteiger partial charge is 0.485 e. The van der Waals surface area contributed by atoms with Crippen molar-refractivity contribution in [3.8, 4) is 11.5 Å². The van der Waals surface area contributed by atoms with E-state index in [1.807, 2.05) is 24.3 Å². The number of H-pyrrole nitrogens is 1. The van der Waals surface area contributed by atoms with Crippen LogP contribution in [-0.2, 0) is 12.8 Å². The SMILES string of the molecule is O=c1[nH]c(C2COc3ccccc3O2)nc2c1CCC2. The molecule has 0 amide bonds. The third-order valence-corrected chi connectivity index (χ3v) is 3.77. The summed E-state index contributed by atoms with van der Waals surface area (Å²) in [4.78, 5) is 19.4. The van der Waals surface area contributed by atoms with E-state index in [1.165, 1.54) is 0 Å². The number of aryl methyl sites for hydroxylation is 1. The fourth-order valence-corrected chi connectivity index (χ4v) is 2.77. The Labute approximate surface area is 115 Å². The Kier molecular flexibility index (Phi) is 2.52. The molecule has 0 fully saturated rings. The first kappa shape index (κ1) is 11.5. The summed E-state index contributed by atoms with van der Waals surface area (Å²) in [6, 6.07) is 7.51. The van der Waals surface area contributed by atoms with Gasteiger partial charge in [-0.25, -0.2) is 4.98 Å². The van der Waals surface area contributed by atoms with E-state index in [-0.39, 0.29) is 11.7 Å². The fourth-order valence-electron chi connectivity index (χ4n) is 2.77. The summed E-state index contributed by atoms with van der Waals surface area (Å²) in [6.45, 7) is 0.360. The van der Waals surface area contributed by atoms with Gasteiger partial charge in [0.2, 0.25) is 0 Å². The number of hydrogen-bond donors (Lipinski definition) is 1. The minimum absolute atomic E-state index is 0.0371. The summed E-state index contributed by atoms with van der Waals surface area (Å²) in [6.07, 6.45) is 2.34. The molecule has 2 heterocycles. The van der Waals surface area contributed by atoms with Crippen LogP contribution >= 0.6 is 0 Å². The highest BCUT2D eigenvalue weighted by molar-refractivity contribution is 5.41. The van der Waals surface area contributed by atoms with Gasteiger partial charge >= 0.3 is 0 Å². The molecule has 0 bridgehead atoms. The smallest absolute Gasteiger partial charge is 0.254 e. The van der Waals surface area contributed by atoms with Gasteiger partial charge in [0.1, 0.15) is 6.61 Å². The van der Waals surface area contributed by atoms with Gasteiger partial charge in [0.25, 0.3) is 5.56 Å². The molecular weight excluding hydrogens is 256 g/mol. The van der Waals surface area contributed by atoms with E-state index in [0.29, 0.717) is 18.2 Å². The quantitative estimate of drug-likeness (QED) is 0.857. The molecule has 0 saturated heterocycles. The molecule has 2 aliphatic rings. The molecule has 20 heavy (non-hydrogen) atoms. The number of fused-ring (bicyclic) bond motifs is 2. The Morgan fingerprint density at radius 2 is 2.05 bits per heavy atom. The maximum absolute atomic E-state index is 12.0. The second-order valence-corrected chi connectivity index (χ2v) is 5.09. The number of aromatic amines is 1. The van der Waals surface area contributed by atoms with Gasteiger partial charge in [-0.3, -0.25) is 4.79 Å². The van der Waals surface area contributed by atoms with Gasteiger partial charge in [0.15, 0.2) is 23.4 Å². The molecule has 0 spiro atoms. The number of para-hydroxylation sites is 2. The molecule has 2 aromatic rings. The number of ether oxygens (including phenoxy) is 2. The molecule has 5 heteroatoms. The molecular formula is C15H14N2O3. The van der Waals surface area contributed by atoms with Crippen LogP contribution in [0.2, 0.25) is 0 Å². The van der Waals surface area contributed by atoms with Crippen LogP contribution in [0.1, 0.15) is 29.6 Å². The molecule has 1 aromatic carbocycles. The molecule has 5 nitrogen and oxygen atoms in total. The van der Waals surface area contributed by atoms with Crippen LogP contribution in [0.5, 0.6) is 11.5 Å². The first-order valence-corrected chi connectivity index (χ1v) is 6.82. The van der Waals surface area contributed by atoms with Crippen LogP contribution < -0.4 is 15.0 Å². The van der Waals surface area contributed by atoms with Crippen molar-refractivity contribution < 1.29 is 9.47 Å². The van der Waals surface area contributed by atoms with Crippen molar-refractivity contribution in [2.24, 2.45) is 0 Å². The van der Waals surface area contributed by atoms with E-state index in [2.05, 4.69) is 9.97 Å². The van der Waals surface area contributed by atoms with E-state index >= 15 is 0 Å². The monoisotopic (exact) mass is 270 g/mol. The van der Waals surface area contributed by atoms with Crippen molar-refractivity contribution in [1.29, 1.82) is 0 Å². The van der Waals surface area contributed by atoms with Crippen molar-refractivity contribution in [2.75, 3.05) is 6.61 Å². The van der Waals surface area contributed by atoms with Crippen LogP contribution in [0.25, 0.3) is 0 Å². The highest BCUT2D eigenvalue weighted by Crippen LogP contribution is 2.35. The minimum atomic E-state index is -0.358. The highest BCUT2D eigenvalue weighted by atomic mass is 16.6. The van der Waals surface area contributed by atoms with Crippen LogP contribution in [0, 0.1) is 0 Å². The molecule has 0 radical (unpaired) electrons. The maximum atomic E-state index is 12.0. The first-order valence-electron chi connectivity index (χ1n) is 6.82. The summed E-state index contributed by atoms with van der Waals surface area (Å²) in [5, 5.41) is 0. The normalized spacial score (nSPS) is 19.7. The summed E-state index contributed by atoms with van der Waals surface area (Å²) in [5.41, 5.74) is 1.70. The summed E-state index contributed by atoms with van der Waals surface area (Å²) >= 11 is 0. The molecule has 4 rings (SSSR count). The van der Waals surface area contributed by atoms with Gasteiger partial charge in [-0.2, -0.15) is 0 Å². The number of aromatic nitrogens is 2. The van der Waals surface area contributed by atoms with Gasteiger partial charge in [-0.1, -0.05) is 12.1 Å². The zero-order chi connectivity index (χ0) is 13.5. The highest BCUT2D eigenvalue weighted by Gasteiger charge is 2.26. The van der Waals surface area contributed by atoms with E-state index in [4.69, 9.17) is 9.47 Å². The van der Waals surface area contributed by atoms with Gasteiger partial charge in [0, 0.05) is 5.56 Å². The van der Waals surface area contributed by atoms with Crippen molar-refractivity contribution in [1.82, 2.24) is 9.97 Å². The Hall–Kier alpha value is -2.30. The number of nitrogens with one attached hydrogen (secondary N) is 1. The Bertz CT molecular complexity index is 723. The van der Waals surface area contributed by atoms with E-state index in [1.54, 1.807) is 0 Å². The Morgan fingerprint density at radius 1 is 1.20 bits per heavy atom. The lowest BCUT2D eigenvalue weighted by atomic mass is 10.2. The third-order valence-electron chi connectivity index (χ3n) is 3.77. The molecule has 1 unspecified atom stereocenters. The lowest BCUT2D eigenvalue weighted by Gasteiger charge is -2.25. The molecule has 102 valence electrons. The topological polar surface area (TPSA) is 64.2 Å². The molecule has 1 N–H and O–H groups in total. The van der Waals surface area contributed by atoms with Crippen LogP contribution in [-0.4, -0.2) is 16.6 Å². The summed E-state index contributed by atoms with van der Waals surface area (Å²) in [5.74, 6) is 1.98. The number of hydrogen-bond acceptors (Lipinski definition) is 4. The third kappa shape index (κ3) is 1.78. The molecule has 1 atom stereocenters. The summed E-state index contributed by atoms with van der Waals surface area (Å²) < 4.78 is 11.5. The van der Waals surface area contributed by atoms with Crippen LogP contribution in [0.3, 0.4) is 0 Å². The Morgan fingerprint density at radius 3 is 2.95 bits per heavy atom. The average Bonchev–Trinajstić information content (AvgIpc) is 2.96. The van der Waals surface area contributed by atoms with Crippen LogP contribution in [0.4, 0.5) is 0 Å². The number of benzene rings is 1. The lowest BCUT2D eigenvalue weighted by molar-refractivity contribution is 0.0847. The predicted octanol–water partition coefficient (Wildman–Crippen LogP) is 1.77. The zero-order valence-electron chi connectivity index (χ0n) is 10.9. The van der Waals surface area contributed by atoms with Gasteiger partial charge < -0.3 is 14.5 Å². The lowest BCUT2D eigenvalue weighted by Crippen LogP contribution is -2.27. The average molecular weight is 270 g/mol. The van der Waals surface area contributed by atoms with E-state index in [0.717, 1.165) is 36.3 Å². The second kappa shape index (κ2) is 4.37. The minimum Gasteiger partial charge on any atom is -0.485 e. The van der Waals surface area contributed by atoms with Crippen molar-refractivity contribution in [3.63, 3.8) is 0 Å². The maximum Gasteiger partial charge on any atom is 0.254 e. The van der Waals surface area contributed by atoms with E-state index < -0.39 is 0 Å². The van der Waals surface area contributed by atoms with Crippen molar-refractivity contribution in [3.05, 3.63) is 51.7 Å². The van der Waals surface area contributed by atoms with Crippen LogP contribution in [0.15, 0.2) is 29.1 Å². The predicted molar refractivity (Wildman–Crippen MR) is 72.2 cm³/mol. The van der Waals surface area contributed by atoms with Gasteiger partial charge in [-0.05, 0) is 31.4 Å². The molecule has 1 aliphatic carbocycles. The fraction of sp³-hybridized carbons (Fsp3) is 0.333. The van der Waals surface area contributed by atoms with E-state index in [9.17, 15) is 4.79 Å². The molecule has 0 saturated carbocycles. The number of nitrogens with zero attached hydrogens (tertiary/aromatic N) is 1. The standard InChI is InChI=1S/C15H14N2O3/c18-15-9-4-3-5-10(9)16-14(17-15)13-8-19-11-6-1-2-7-12(11)20-13/h1-2,6-7,13H,3-5,8H2,(H,16,17,18). The Balaban J connectivity index is 1.70. The van der Waals surface area contributed by atoms with Gasteiger partial charge in [-0.15, -0.1) is 0 Å². The van der Waals surface area contributed by atoms with Crippen molar-refractivity contribution in [2.45, 2.75) is 25.4 Å².